The van der Waals surface area contributed by atoms with Gasteiger partial charge in [-0.15, -0.1) is 0 Å². The van der Waals surface area contributed by atoms with E-state index in [0.29, 0.717) is 19.3 Å². The van der Waals surface area contributed by atoms with Gasteiger partial charge in [0.05, 0.1) is 0 Å². The van der Waals surface area contributed by atoms with E-state index in [9.17, 15) is 14.4 Å². The second kappa shape index (κ2) is 58.6. The summed E-state index contributed by atoms with van der Waals surface area (Å²) in [5, 5.41) is 0. The van der Waals surface area contributed by atoms with Crippen molar-refractivity contribution < 1.29 is 28.6 Å². The lowest BCUT2D eigenvalue weighted by atomic mass is 10.0. The fourth-order valence-electron chi connectivity index (χ4n) is 7.86. The predicted molar refractivity (Wildman–Crippen MR) is 307 cm³/mol. The lowest BCUT2D eigenvalue weighted by Gasteiger charge is -2.18. The van der Waals surface area contributed by atoms with Gasteiger partial charge in [-0.2, -0.15) is 0 Å². The summed E-state index contributed by atoms with van der Waals surface area (Å²) >= 11 is 0. The van der Waals surface area contributed by atoms with Crippen LogP contribution >= 0.6 is 0 Å². The first-order valence-electron chi connectivity index (χ1n) is 29.4. The van der Waals surface area contributed by atoms with Crippen LogP contribution < -0.4 is 0 Å². The predicted octanol–water partition coefficient (Wildman–Crippen LogP) is 19.9. The Labute approximate surface area is 438 Å². The number of carbonyl (C=O) groups excluding carboxylic acids is 3. The lowest BCUT2D eigenvalue weighted by Crippen LogP contribution is -2.30. The molecule has 0 unspecified atom stereocenters. The zero-order valence-corrected chi connectivity index (χ0v) is 46.2. The maximum atomic E-state index is 12.9. The number of hydrogen-bond acceptors (Lipinski definition) is 6. The van der Waals surface area contributed by atoms with Crippen LogP contribution in [0, 0.1) is 0 Å². The third-order valence-electron chi connectivity index (χ3n) is 12.3. The van der Waals surface area contributed by atoms with E-state index >= 15 is 0 Å². The van der Waals surface area contributed by atoms with E-state index in [4.69, 9.17) is 14.2 Å². The van der Waals surface area contributed by atoms with E-state index < -0.39 is 6.10 Å². The molecule has 404 valence electrons. The Morgan fingerprint density at radius 3 is 0.887 bits per heavy atom. The molecule has 1 atom stereocenters. The van der Waals surface area contributed by atoms with Gasteiger partial charge in [-0.3, -0.25) is 14.4 Å². The molecule has 71 heavy (non-hydrogen) atoms. The van der Waals surface area contributed by atoms with Crippen molar-refractivity contribution in [3.63, 3.8) is 0 Å². The minimum atomic E-state index is -0.806. The summed E-state index contributed by atoms with van der Waals surface area (Å²) < 4.78 is 16.8. The van der Waals surface area contributed by atoms with Crippen LogP contribution in [0.15, 0.2) is 109 Å². The Morgan fingerprint density at radius 1 is 0.296 bits per heavy atom. The molecule has 0 amide bonds. The van der Waals surface area contributed by atoms with Crippen LogP contribution in [-0.2, 0) is 28.6 Å². The number of allylic oxidation sites excluding steroid dienone is 18. The lowest BCUT2D eigenvalue weighted by molar-refractivity contribution is -0.167. The number of hydrogen-bond donors (Lipinski definition) is 0. The van der Waals surface area contributed by atoms with Crippen LogP contribution in [0.5, 0.6) is 0 Å². The molecule has 0 bridgehead atoms. The summed E-state index contributed by atoms with van der Waals surface area (Å²) in [6, 6.07) is 0. The summed E-state index contributed by atoms with van der Waals surface area (Å²) in [5.74, 6) is -0.961. The van der Waals surface area contributed by atoms with Gasteiger partial charge in [0.2, 0.25) is 0 Å². The van der Waals surface area contributed by atoms with Gasteiger partial charge >= 0.3 is 17.9 Å². The first-order valence-corrected chi connectivity index (χ1v) is 29.4. The van der Waals surface area contributed by atoms with Crippen LogP contribution in [0.4, 0.5) is 0 Å². The van der Waals surface area contributed by atoms with Crippen molar-refractivity contribution in [1.29, 1.82) is 0 Å². The molecule has 0 aromatic rings. The Bertz CT molecular complexity index is 1460. The molecule has 0 fully saturated rings. The molecule has 0 saturated carbocycles. The number of esters is 3. The van der Waals surface area contributed by atoms with E-state index in [1.165, 1.54) is 103 Å². The molecule has 0 heterocycles. The average molecular weight is 986 g/mol. The Morgan fingerprint density at radius 2 is 0.549 bits per heavy atom. The first-order chi connectivity index (χ1) is 35.0. The monoisotopic (exact) mass is 985 g/mol. The van der Waals surface area contributed by atoms with E-state index in [0.717, 1.165) is 122 Å². The molecule has 0 aromatic carbocycles. The standard InChI is InChI=1S/C65H108O6/c1-4-7-10-13-16-19-22-25-28-30-32-34-37-39-42-45-48-51-54-57-63(66)69-60-62(71-65(68)59-56-53-50-47-44-41-36-27-24-21-18-15-12-9-6-3)61-70-64(67)58-55-52-49-46-43-40-38-35-33-31-29-26-23-20-17-14-11-8-5-2/h7,10,16-17,19-20,25-26,28-29,32-35,39-40,42-43,62H,4-6,8-9,11-15,18,21-24,27,30-31,36-38,41,44-61H2,1-3H3/b10-7-,19-16-,20-17-,28-25-,29-26-,34-32-,35-33-,42-39-,43-40-/t62-/m1/s1. The molecule has 0 spiro atoms. The molecule has 6 nitrogen and oxygen atoms in total. The number of rotatable bonds is 52. The molecule has 0 aliphatic carbocycles. The maximum Gasteiger partial charge on any atom is 0.306 e. The Hall–Kier alpha value is -3.93. The van der Waals surface area contributed by atoms with Crippen molar-refractivity contribution in [1.82, 2.24) is 0 Å². The smallest absolute Gasteiger partial charge is 0.306 e. The molecule has 0 saturated heterocycles. The molecule has 0 aromatic heterocycles. The topological polar surface area (TPSA) is 78.9 Å². The highest BCUT2D eigenvalue weighted by Gasteiger charge is 2.19. The van der Waals surface area contributed by atoms with Crippen molar-refractivity contribution in [3.05, 3.63) is 109 Å². The zero-order chi connectivity index (χ0) is 51.4. The molecule has 0 aliphatic rings. The molecule has 0 radical (unpaired) electrons. The van der Waals surface area contributed by atoms with Gasteiger partial charge < -0.3 is 14.2 Å². The van der Waals surface area contributed by atoms with Gasteiger partial charge in [-0.05, 0) is 109 Å². The fraction of sp³-hybridized carbons (Fsp3) is 0.677. The summed E-state index contributed by atoms with van der Waals surface area (Å²) in [5.41, 5.74) is 0. The number of ether oxygens (including phenoxy) is 3. The Kier molecular flexibility index (Phi) is 55.4. The van der Waals surface area contributed by atoms with E-state index in [2.05, 4.69) is 130 Å². The van der Waals surface area contributed by atoms with Crippen LogP contribution in [0.2, 0.25) is 0 Å². The normalized spacial score (nSPS) is 12.9. The van der Waals surface area contributed by atoms with E-state index in [1.807, 2.05) is 0 Å². The van der Waals surface area contributed by atoms with Gasteiger partial charge in [-0.25, -0.2) is 0 Å². The third-order valence-corrected chi connectivity index (χ3v) is 12.3. The highest BCUT2D eigenvalue weighted by Crippen LogP contribution is 2.15. The van der Waals surface area contributed by atoms with Gasteiger partial charge in [0.15, 0.2) is 6.10 Å². The molecular formula is C65H108O6. The zero-order valence-electron chi connectivity index (χ0n) is 46.2. The molecule has 0 rings (SSSR count). The average Bonchev–Trinajstić information content (AvgIpc) is 3.37. The van der Waals surface area contributed by atoms with Crippen molar-refractivity contribution in [2.45, 2.75) is 271 Å². The Balaban J connectivity index is 4.50. The fourth-order valence-corrected chi connectivity index (χ4v) is 7.86. The van der Waals surface area contributed by atoms with E-state index in [-0.39, 0.29) is 31.1 Å². The minimum Gasteiger partial charge on any atom is -0.462 e. The highest BCUT2D eigenvalue weighted by atomic mass is 16.6. The summed E-state index contributed by atoms with van der Waals surface area (Å²) in [7, 11) is 0. The summed E-state index contributed by atoms with van der Waals surface area (Å²) in [6.07, 6.45) is 79.3. The van der Waals surface area contributed by atoms with Crippen LogP contribution in [0.3, 0.4) is 0 Å². The minimum absolute atomic E-state index is 0.105. The summed E-state index contributed by atoms with van der Waals surface area (Å²) in [6.45, 7) is 6.45. The van der Waals surface area contributed by atoms with Crippen LogP contribution in [0.1, 0.15) is 265 Å². The third kappa shape index (κ3) is 56.9. The van der Waals surface area contributed by atoms with E-state index in [1.54, 1.807) is 0 Å². The van der Waals surface area contributed by atoms with Crippen molar-refractivity contribution in [2.75, 3.05) is 13.2 Å². The second-order valence-electron chi connectivity index (χ2n) is 19.2. The number of unbranched alkanes of at least 4 members (excludes halogenated alkanes) is 23. The van der Waals surface area contributed by atoms with Crippen molar-refractivity contribution in [2.24, 2.45) is 0 Å². The summed E-state index contributed by atoms with van der Waals surface area (Å²) in [4.78, 5) is 38.2. The van der Waals surface area contributed by atoms with Crippen LogP contribution in [0.25, 0.3) is 0 Å². The highest BCUT2D eigenvalue weighted by molar-refractivity contribution is 5.71. The molecule has 0 aliphatic heterocycles. The SMILES string of the molecule is CC/C=C\C/C=C\C/C=C\C/C=C\C/C=C\CCCCCC(=O)OC[C@H](COC(=O)CCCCC/C=C\C/C=C\C/C=C\C/C=C\CCCCC)OC(=O)CCCCCCCCCCCCCCCCC. The molecule has 0 N–H and O–H groups in total. The largest absolute Gasteiger partial charge is 0.462 e. The maximum absolute atomic E-state index is 12.9. The van der Waals surface area contributed by atoms with Gasteiger partial charge in [0.25, 0.3) is 0 Å². The van der Waals surface area contributed by atoms with Crippen molar-refractivity contribution >= 4 is 17.9 Å². The van der Waals surface area contributed by atoms with Crippen molar-refractivity contribution in [3.8, 4) is 0 Å². The van der Waals surface area contributed by atoms with Gasteiger partial charge in [0, 0.05) is 19.3 Å². The van der Waals surface area contributed by atoms with Gasteiger partial charge in [0.1, 0.15) is 13.2 Å². The molecular weight excluding hydrogens is 877 g/mol. The van der Waals surface area contributed by atoms with Gasteiger partial charge in [-0.1, -0.05) is 246 Å². The van der Waals surface area contributed by atoms with Crippen LogP contribution in [-0.4, -0.2) is 37.2 Å². The number of carbonyl (C=O) groups is 3. The first kappa shape index (κ1) is 67.1. The second-order valence-corrected chi connectivity index (χ2v) is 19.2. The quantitative estimate of drug-likeness (QED) is 0.0261. The molecule has 6 heteroatoms.